The smallest absolute Gasteiger partial charge is 0.271 e. The number of carbonyl (C=O) groups excluding carboxylic acids is 1. The van der Waals surface area contributed by atoms with Crippen LogP contribution in [0.25, 0.3) is 31.7 Å². The van der Waals surface area contributed by atoms with Crippen molar-refractivity contribution in [1.82, 2.24) is 14.5 Å². The number of amides is 1. The van der Waals surface area contributed by atoms with Gasteiger partial charge in [-0.15, -0.1) is 11.3 Å². The molecule has 0 aliphatic heterocycles. The van der Waals surface area contributed by atoms with Gasteiger partial charge in [0.15, 0.2) is 0 Å². The van der Waals surface area contributed by atoms with Gasteiger partial charge in [-0.3, -0.25) is 14.2 Å². The van der Waals surface area contributed by atoms with Gasteiger partial charge in [-0.1, -0.05) is 29.8 Å². The SMILES string of the molecule is Cc1cc(C)c(NC(=O)Cn2cnc3c(sc4nc(-c5ccc(C)c(C)c5)ccc43)c2=O)c(C)c1. The number of hydrogen-bond donors (Lipinski definition) is 1. The highest BCUT2D eigenvalue weighted by molar-refractivity contribution is 7.25. The first-order valence-electron chi connectivity index (χ1n) is 11.5. The van der Waals surface area contributed by atoms with Crippen molar-refractivity contribution in [3.8, 4) is 11.3 Å². The van der Waals surface area contributed by atoms with Crippen molar-refractivity contribution in [2.75, 3.05) is 5.32 Å². The molecule has 176 valence electrons. The topological polar surface area (TPSA) is 76.9 Å². The van der Waals surface area contributed by atoms with E-state index in [1.807, 2.05) is 45.0 Å². The van der Waals surface area contributed by atoms with Gasteiger partial charge >= 0.3 is 0 Å². The number of nitrogens with one attached hydrogen (secondary N) is 1. The molecule has 3 aromatic heterocycles. The third-order valence-corrected chi connectivity index (χ3v) is 7.45. The molecule has 0 radical (unpaired) electrons. The molecule has 5 aromatic rings. The quantitative estimate of drug-likeness (QED) is 0.348. The molecule has 3 heterocycles. The number of hydrogen-bond acceptors (Lipinski definition) is 5. The number of benzene rings is 2. The number of fused-ring (bicyclic) bond motifs is 3. The van der Waals surface area contributed by atoms with Gasteiger partial charge in [0, 0.05) is 16.6 Å². The molecule has 6 nitrogen and oxygen atoms in total. The summed E-state index contributed by atoms with van der Waals surface area (Å²) in [5.41, 5.74) is 8.63. The number of aromatic nitrogens is 3. The average molecular weight is 483 g/mol. The van der Waals surface area contributed by atoms with Crippen LogP contribution in [0, 0.1) is 34.6 Å². The van der Waals surface area contributed by atoms with Gasteiger partial charge in [-0.2, -0.15) is 0 Å². The van der Waals surface area contributed by atoms with Crippen LogP contribution in [0.1, 0.15) is 27.8 Å². The maximum Gasteiger partial charge on any atom is 0.271 e. The number of pyridine rings is 1. The molecule has 5 rings (SSSR count). The van der Waals surface area contributed by atoms with Crippen molar-refractivity contribution >= 4 is 43.4 Å². The standard InChI is InChI=1S/C28H26N4O2S/c1-15-10-18(4)24(19(5)11-15)31-23(33)13-32-14-29-25-21-8-9-22(20-7-6-16(2)17(3)12-20)30-27(21)35-26(25)28(32)34/h6-12,14H,13H2,1-5H3,(H,31,33). The first-order valence-corrected chi connectivity index (χ1v) is 12.3. The molecule has 35 heavy (non-hydrogen) atoms. The monoisotopic (exact) mass is 482 g/mol. The van der Waals surface area contributed by atoms with Crippen LogP contribution in [0.2, 0.25) is 0 Å². The highest BCUT2D eigenvalue weighted by Crippen LogP contribution is 2.31. The Morgan fingerprint density at radius 2 is 1.69 bits per heavy atom. The van der Waals surface area contributed by atoms with E-state index in [1.165, 1.54) is 33.4 Å². The maximum absolute atomic E-state index is 13.2. The Morgan fingerprint density at radius 1 is 0.943 bits per heavy atom. The van der Waals surface area contributed by atoms with Crippen molar-refractivity contribution in [3.05, 3.63) is 87.0 Å². The van der Waals surface area contributed by atoms with Crippen LogP contribution in [-0.4, -0.2) is 20.4 Å². The van der Waals surface area contributed by atoms with Gasteiger partial charge in [0.2, 0.25) is 5.91 Å². The lowest BCUT2D eigenvalue weighted by molar-refractivity contribution is -0.116. The van der Waals surface area contributed by atoms with Crippen molar-refractivity contribution in [3.63, 3.8) is 0 Å². The zero-order valence-electron chi connectivity index (χ0n) is 20.4. The minimum atomic E-state index is -0.264. The summed E-state index contributed by atoms with van der Waals surface area (Å²) in [6.45, 7) is 10.0. The molecule has 0 fully saturated rings. The third kappa shape index (κ3) is 4.23. The number of rotatable bonds is 4. The van der Waals surface area contributed by atoms with E-state index in [2.05, 4.69) is 42.3 Å². The number of thiophene rings is 1. The van der Waals surface area contributed by atoms with E-state index in [4.69, 9.17) is 4.98 Å². The van der Waals surface area contributed by atoms with Gasteiger partial charge in [0.05, 0.1) is 17.5 Å². The van der Waals surface area contributed by atoms with Crippen LogP contribution in [0.5, 0.6) is 0 Å². The predicted octanol–water partition coefficient (Wildman–Crippen LogP) is 5.85. The Balaban J connectivity index is 1.47. The molecule has 0 saturated carbocycles. The van der Waals surface area contributed by atoms with Gasteiger partial charge in [0.1, 0.15) is 16.1 Å². The highest BCUT2D eigenvalue weighted by Gasteiger charge is 2.16. The van der Waals surface area contributed by atoms with Crippen LogP contribution in [0.4, 0.5) is 5.69 Å². The Labute approximate surface area is 207 Å². The van der Waals surface area contributed by atoms with E-state index in [-0.39, 0.29) is 18.0 Å². The number of nitrogens with zero attached hydrogens (tertiary/aromatic N) is 3. The third-order valence-electron chi connectivity index (χ3n) is 6.37. The number of carbonyl (C=O) groups is 1. The normalized spacial score (nSPS) is 11.3. The molecule has 0 unspecified atom stereocenters. The fourth-order valence-electron chi connectivity index (χ4n) is 4.43. The maximum atomic E-state index is 13.2. The summed E-state index contributed by atoms with van der Waals surface area (Å²) in [5.74, 6) is -0.264. The second-order valence-corrected chi connectivity index (χ2v) is 10.1. The Kier molecular flexibility index (Phi) is 5.73. The van der Waals surface area contributed by atoms with E-state index >= 15 is 0 Å². The first-order chi connectivity index (χ1) is 16.7. The summed E-state index contributed by atoms with van der Waals surface area (Å²) in [4.78, 5) is 36.1. The van der Waals surface area contributed by atoms with Gasteiger partial charge in [0.25, 0.3) is 5.56 Å². The Bertz CT molecular complexity index is 1670. The summed E-state index contributed by atoms with van der Waals surface area (Å²) in [6.07, 6.45) is 1.45. The molecule has 2 aromatic carbocycles. The fourth-order valence-corrected chi connectivity index (χ4v) is 5.51. The summed E-state index contributed by atoms with van der Waals surface area (Å²) < 4.78 is 1.86. The van der Waals surface area contributed by atoms with Gasteiger partial charge in [-0.25, -0.2) is 9.97 Å². The Morgan fingerprint density at radius 3 is 2.40 bits per heavy atom. The van der Waals surface area contributed by atoms with E-state index in [9.17, 15) is 9.59 Å². The van der Waals surface area contributed by atoms with E-state index in [0.29, 0.717) is 10.2 Å². The van der Waals surface area contributed by atoms with Crippen LogP contribution in [0.15, 0.2) is 53.6 Å². The lowest BCUT2D eigenvalue weighted by Crippen LogP contribution is -2.27. The van der Waals surface area contributed by atoms with E-state index in [1.54, 1.807) is 0 Å². The summed E-state index contributed by atoms with van der Waals surface area (Å²) in [6, 6.07) is 14.3. The largest absolute Gasteiger partial charge is 0.324 e. The molecule has 0 aliphatic rings. The fraction of sp³-hybridized carbons (Fsp3) is 0.214. The lowest BCUT2D eigenvalue weighted by atomic mass is 10.0. The molecule has 1 amide bonds. The first kappa shape index (κ1) is 22.9. The zero-order chi connectivity index (χ0) is 24.9. The highest BCUT2D eigenvalue weighted by atomic mass is 32.1. The van der Waals surface area contributed by atoms with E-state index in [0.717, 1.165) is 43.9 Å². The molecule has 0 aliphatic carbocycles. The molecule has 7 heteroatoms. The van der Waals surface area contributed by atoms with Crippen molar-refractivity contribution in [2.45, 2.75) is 41.2 Å². The summed E-state index contributed by atoms with van der Waals surface area (Å²) in [5, 5.41) is 3.80. The van der Waals surface area contributed by atoms with Crippen molar-refractivity contribution in [2.24, 2.45) is 0 Å². The predicted molar refractivity (Wildman–Crippen MR) is 143 cm³/mol. The molecule has 0 saturated heterocycles. The molecular formula is C28H26N4O2S. The molecular weight excluding hydrogens is 456 g/mol. The molecule has 0 bridgehead atoms. The van der Waals surface area contributed by atoms with Crippen LogP contribution < -0.4 is 10.9 Å². The van der Waals surface area contributed by atoms with Gasteiger partial charge < -0.3 is 5.32 Å². The zero-order valence-corrected chi connectivity index (χ0v) is 21.2. The lowest BCUT2D eigenvalue weighted by Gasteiger charge is -2.13. The van der Waals surface area contributed by atoms with Crippen LogP contribution in [0.3, 0.4) is 0 Å². The second kappa shape index (κ2) is 8.74. The number of aryl methyl sites for hydroxylation is 5. The van der Waals surface area contributed by atoms with Gasteiger partial charge in [-0.05, 0) is 75.1 Å². The minimum absolute atomic E-state index is 0.107. The summed E-state index contributed by atoms with van der Waals surface area (Å²) >= 11 is 1.32. The van der Waals surface area contributed by atoms with Crippen molar-refractivity contribution < 1.29 is 4.79 Å². The molecule has 0 spiro atoms. The Hall–Kier alpha value is -3.84. The van der Waals surface area contributed by atoms with Crippen LogP contribution >= 0.6 is 11.3 Å². The summed E-state index contributed by atoms with van der Waals surface area (Å²) in [7, 11) is 0. The molecule has 0 atom stereocenters. The van der Waals surface area contributed by atoms with E-state index < -0.39 is 0 Å². The minimum Gasteiger partial charge on any atom is -0.324 e. The van der Waals surface area contributed by atoms with Crippen LogP contribution in [-0.2, 0) is 11.3 Å². The molecule has 1 N–H and O–H groups in total. The number of anilines is 1. The van der Waals surface area contributed by atoms with Crippen molar-refractivity contribution in [1.29, 1.82) is 0 Å². The second-order valence-electron chi connectivity index (χ2n) is 9.13. The average Bonchev–Trinajstić information content (AvgIpc) is 3.18.